The zero-order valence-electron chi connectivity index (χ0n) is 42.8. The average Bonchev–Trinajstić information content (AvgIpc) is 4.00. The van der Waals surface area contributed by atoms with Crippen molar-refractivity contribution in [3.8, 4) is 0 Å². The van der Waals surface area contributed by atoms with Crippen molar-refractivity contribution in [1.29, 1.82) is 0 Å². The molecule has 6 rings (SSSR count). The largest absolute Gasteiger partial charge is 0.459 e. The minimum absolute atomic E-state index is 0.0271. The van der Waals surface area contributed by atoms with Gasteiger partial charge in [0.05, 0.1) is 69.5 Å². The number of aliphatic hydroxyl groups excluding tert-OH is 3. The molecule has 0 saturated carbocycles. The summed E-state index contributed by atoms with van der Waals surface area (Å²) in [6, 6.07) is 5.01. The van der Waals surface area contributed by atoms with Crippen LogP contribution in [0.1, 0.15) is 112 Å². The Kier molecular flexibility index (Phi) is 19.2. The lowest BCUT2D eigenvalue weighted by atomic mass is 9.83. The Labute approximate surface area is 411 Å². The molecule has 3 aromatic rings. The van der Waals surface area contributed by atoms with Crippen LogP contribution in [0.25, 0.3) is 10.2 Å². The number of alkyl halides is 1. The van der Waals surface area contributed by atoms with Crippen LogP contribution in [0, 0.1) is 17.8 Å². The van der Waals surface area contributed by atoms with Gasteiger partial charge in [-0.05, 0) is 105 Å². The SMILES string of the molecule is CC[C@H]1OC(=O)[C@H](C)[C@@H](O[C@H]2C[C@@](C)(OC)[C@@H](O)[C@H](C)O2)[C@H](C)[C@@H](O[C@H]2C[C@@H](N(C)CCc3cn([C@H](CF)Cc4ccc5ncsc5c4)nn3)C[C@@H](C)O2)[C@H](O)C[C@@H](C)CN(C)[C@H](C)[C@@H](O)[C@]1(C)O. The van der Waals surface area contributed by atoms with E-state index in [0.717, 1.165) is 27.9 Å². The molecule has 0 amide bonds. The Morgan fingerprint density at radius 3 is 2.43 bits per heavy atom. The van der Waals surface area contributed by atoms with Crippen LogP contribution >= 0.6 is 11.3 Å². The van der Waals surface area contributed by atoms with E-state index in [1.165, 1.54) is 14.0 Å². The molecule has 18 atom stereocenters. The Morgan fingerprint density at radius 1 is 1.01 bits per heavy atom. The standard InChI is InChI=1S/C50H81FN6O11S/c1-13-41-50(9,62)46(59)32(6)56(11)25-28(2)18-39(58)45(30(4)44(31(5)48(61)66-41)68-43-23-49(8,63-12)47(60)33(7)65-43)67-42-22-36(19-29(3)64-42)55(10)17-16-35-26-57(54-53-35)37(24-51)20-34-14-15-38-40(21-34)69-27-52-38/h14-15,21,26-33,36-37,39,41-47,58-60,62H,13,16-20,22-25H2,1-12H3/t28-,29-,30+,31-,32-,33+,36+,37+,39-,41-,42+,43+,44+,45-,46-,47+,49-,50-/m1/s1. The van der Waals surface area contributed by atoms with Crippen molar-refractivity contribution in [2.24, 2.45) is 17.8 Å². The van der Waals surface area contributed by atoms with Gasteiger partial charge in [0.1, 0.15) is 30.6 Å². The Balaban J connectivity index is 1.22. The van der Waals surface area contributed by atoms with Crippen molar-refractivity contribution >= 4 is 27.5 Å². The van der Waals surface area contributed by atoms with Gasteiger partial charge in [-0.2, -0.15) is 0 Å². The number of ether oxygens (including phenoxy) is 6. The third-order valence-electron chi connectivity index (χ3n) is 15.4. The van der Waals surface area contributed by atoms with Gasteiger partial charge in [0, 0.05) is 63.7 Å². The lowest BCUT2D eigenvalue weighted by Gasteiger charge is -2.47. The maximum Gasteiger partial charge on any atom is 0.311 e. The van der Waals surface area contributed by atoms with Gasteiger partial charge in [0.2, 0.25) is 0 Å². The van der Waals surface area contributed by atoms with Gasteiger partial charge in [0.15, 0.2) is 12.6 Å². The maximum absolute atomic E-state index is 14.4. The molecule has 4 N–H and O–H groups in total. The molecule has 19 heteroatoms. The maximum atomic E-state index is 14.4. The van der Waals surface area contributed by atoms with Crippen LogP contribution in [0.5, 0.6) is 0 Å². The van der Waals surface area contributed by atoms with Crippen molar-refractivity contribution in [3.63, 3.8) is 0 Å². The smallest absolute Gasteiger partial charge is 0.311 e. The second-order valence-corrected chi connectivity index (χ2v) is 21.9. The number of cyclic esters (lactones) is 1. The lowest BCUT2D eigenvalue weighted by molar-refractivity contribution is -0.304. The van der Waals surface area contributed by atoms with Crippen LogP contribution in [0.3, 0.4) is 0 Å². The molecule has 0 unspecified atom stereocenters. The number of methoxy groups -OCH3 is 1. The Morgan fingerprint density at radius 2 is 1.74 bits per heavy atom. The number of thiazole rings is 1. The topological polar surface area (TPSA) is 203 Å². The van der Waals surface area contributed by atoms with E-state index in [2.05, 4.69) is 33.3 Å². The van der Waals surface area contributed by atoms with E-state index >= 15 is 0 Å². The van der Waals surface area contributed by atoms with Gasteiger partial charge in [-0.3, -0.25) is 4.79 Å². The lowest BCUT2D eigenvalue weighted by Crippen LogP contribution is -2.59. The van der Waals surface area contributed by atoms with Crippen LogP contribution < -0.4 is 0 Å². The molecule has 0 bridgehead atoms. The van der Waals surface area contributed by atoms with Gasteiger partial charge in [-0.1, -0.05) is 32.1 Å². The fraction of sp³-hybridized carbons (Fsp3) is 0.800. The highest BCUT2D eigenvalue weighted by Crippen LogP contribution is 2.38. The monoisotopic (exact) mass is 993 g/mol. The van der Waals surface area contributed by atoms with Crippen LogP contribution in [0.15, 0.2) is 29.9 Å². The molecule has 1 aromatic carbocycles. The minimum Gasteiger partial charge on any atom is -0.459 e. The summed E-state index contributed by atoms with van der Waals surface area (Å²) in [5.74, 6) is -2.43. The molecule has 3 fully saturated rings. The Hall–Kier alpha value is -2.79. The summed E-state index contributed by atoms with van der Waals surface area (Å²) in [5, 5.41) is 55.6. The number of aliphatic hydroxyl groups is 4. The number of nitrogens with zero attached hydrogens (tertiary/aromatic N) is 6. The number of benzene rings is 1. The number of hydrogen-bond donors (Lipinski definition) is 4. The quantitative estimate of drug-likeness (QED) is 0.155. The zero-order valence-corrected chi connectivity index (χ0v) is 43.6. The summed E-state index contributed by atoms with van der Waals surface area (Å²) in [5.41, 5.74) is 1.67. The van der Waals surface area contributed by atoms with E-state index in [0.29, 0.717) is 38.8 Å². The molecule has 69 heavy (non-hydrogen) atoms. The second kappa shape index (κ2) is 23.8. The third-order valence-corrected chi connectivity index (χ3v) is 16.2. The molecular formula is C50H81FN6O11S. The molecule has 3 aliphatic rings. The number of aromatic nitrogens is 4. The summed E-state index contributed by atoms with van der Waals surface area (Å²) in [6.45, 7) is 16.7. The molecule has 390 valence electrons. The fourth-order valence-corrected chi connectivity index (χ4v) is 11.4. The number of carbonyl (C=O) groups is 1. The van der Waals surface area contributed by atoms with Crippen LogP contribution in [0.4, 0.5) is 4.39 Å². The van der Waals surface area contributed by atoms with Crippen molar-refractivity contribution in [2.45, 2.75) is 198 Å². The van der Waals surface area contributed by atoms with Crippen molar-refractivity contribution in [3.05, 3.63) is 41.2 Å². The van der Waals surface area contributed by atoms with Crippen LogP contribution in [0.2, 0.25) is 0 Å². The first-order valence-corrected chi connectivity index (χ1v) is 25.8. The highest BCUT2D eigenvalue weighted by molar-refractivity contribution is 7.16. The number of rotatable bonds is 14. The number of halogens is 1. The molecule has 2 aromatic heterocycles. The highest BCUT2D eigenvalue weighted by Gasteiger charge is 2.50. The predicted molar refractivity (Wildman–Crippen MR) is 259 cm³/mol. The van der Waals surface area contributed by atoms with E-state index in [4.69, 9.17) is 28.4 Å². The molecule has 0 spiro atoms. The first-order valence-electron chi connectivity index (χ1n) is 24.9. The third kappa shape index (κ3) is 13.3. The normalized spacial score (nSPS) is 38.7. The van der Waals surface area contributed by atoms with Crippen LogP contribution in [-0.2, 0) is 46.1 Å². The molecule has 17 nitrogen and oxygen atoms in total. The molecule has 3 aliphatic heterocycles. The molecule has 0 radical (unpaired) electrons. The highest BCUT2D eigenvalue weighted by atomic mass is 32.1. The first-order chi connectivity index (χ1) is 32.6. The van der Waals surface area contributed by atoms with E-state index in [9.17, 15) is 29.6 Å². The zero-order chi connectivity index (χ0) is 50.5. The summed E-state index contributed by atoms with van der Waals surface area (Å²) in [6.07, 6.45) is -4.02. The summed E-state index contributed by atoms with van der Waals surface area (Å²) < 4.78 is 55.5. The number of carbonyl (C=O) groups excluding carboxylic acids is 1. The molecule has 5 heterocycles. The van der Waals surface area contributed by atoms with E-state index in [1.54, 1.807) is 43.7 Å². The first kappa shape index (κ1) is 55.5. The molecular weight excluding hydrogens is 912 g/mol. The summed E-state index contributed by atoms with van der Waals surface area (Å²) >= 11 is 1.56. The van der Waals surface area contributed by atoms with E-state index < -0.39 is 103 Å². The van der Waals surface area contributed by atoms with Gasteiger partial charge in [0.25, 0.3) is 0 Å². The fourth-order valence-electron chi connectivity index (χ4n) is 10.7. The number of fused-ring (bicyclic) bond motifs is 1. The molecule has 3 saturated heterocycles. The number of likely N-dealkylation sites (N-methyl/N-ethyl adjacent to an activating group) is 2. The van der Waals surface area contributed by atoms with Crippen molar-refractivity contribution in [1.82, 2.24) is 29.8 Å². The van der Waals surface area contributed by atoms with Crippen molar-refractivity contribution in [2.75, 3.05) is 41.0 Å². The van der Waals surface area contributed by atoms with Gasteiger partial charge < -0.3 is 58.6 Å². The van der Waals surface area contributed by atoms with Crippen LogP contribution in [-0.4, -0.2) is 182 Å². The summed E-state index contributed by atoms with van der Waals surface area (Å²) in [4.78, 5) is 22.9. The van der Waals surface area contributed by atoms with Gasteiger partial charge >= 0.3 is 5.97 Å². The van der Waals surface area contributed by atoms with E-state index in [-0.39, 0.29) is 30.9 Å². The average molecular weight is 993 g/mol. The Bertz CT molecular complexity index is 2080. The van der Waals surface area contributed by atoms with Crippen molar-refractivity contribution < 1.29 is 58.0 Å². The minimum atomic E-state index is -1.80. The van der Waals surface area contributed by atoms with Gasteiger partial charge in [-0.25, -0.2) is 14.1 Å². The number of hydrogen-bond acceptors (Lipinski definition) is 17. The van der Waals surface area contributed by atoms with E-state index in [1.807, 2.05) is 63.5 Å². The predicted octanol–water partition coefficient (Wildman–Crippen LogP) is 5.11. The summed E-state index contributed by atoms with van der Waals surface area (Å²) in [7, 11) is 5.43. The second-order valence-electron chi connectivity index (χ2n) is 21.0. The number of esters is 1. The molecule has 0 aliphatic carbocycles. The van der Waals surface area contributed by atoms with Gasteiger partial charge in [-0.15, -0.1) is 16.4 Å².